The number of hydrogen-bond donors (Lipinski definition) is 2. The molecule has 1 aliphatic heterocycles. The van der Waals surface area contributed by atoms with E-state index in [-0.39, 0.29) is 0 Å². The van der Waals surface area contributed by atoms with Crippen LogP contribution in [-0.4, -0.2) is 84.8 Å². The first-order chi connectivity index (χ1) is 18.5. The first-order valence-electron chi connectivity index (χ1n) is 12.0. The van der Waals surface area contributed by atoms with Crippen LogP contribution in [0.15, 0.2) is 36.8 Å². The Morgan fingerprint density at radius 2 is 1.85 bits per heavy atom. The van der Waals surface area contributed by atoms with E-state index in [9.17, 15) is 13.2 Å². The average Bonchev–Trinajstić information content (AvgIpc) is 3.68. The molecule has 5 heterocycles. The molecular weight excluding hydrogens is 553 g/mol. The Balaban J connectivity index is 0.000000392. The normalized spacial score (nSPS) is 18.3. The Hall–Kier alpha value is -3.56. The number of aliphatic carboxylic acids is 1. The Morgan fingerprint density at radius 3 is 2.49 bits per heavy atom. The standard InChI is InChI=1S/C22H24N8S2.C2HF3O2/c1-13-12-14(7-11-28(13)2)29(3)22-27-21-20(32-22)26-19(31-21)16-4-5-17(30-24-9-10-25-30)15-6-8-23-18(15)16;3-2(4,5)1(6)7/h4-6,8-10,13-14,23H,7,11-12H2,1-3H3;(H,6,7). The van der Waals surface area contributed by atoms with Gasteiger partial charge in [0.1, 0.15) is 5.01 Å². The fraction of sp³-hybridized carbons (Fsp3) is 0.375. The van der Waals surface area contributed by atoms with Gasteiger partial charge in [0.05, 0.1) is 23.6 Å². The number of likely N-dealkylation sites (tertiary alicyclic amines) is 1. The molecule has 15 heteroatoms. The van der Waals surface area contributed by atoms with Crippen molar-refractivity contribution in [3.05, 3.63) is 36.8 Å². The lowest BCUT2D eigenvalue weighted by Gasteiger charge is -2.39. The quantitative estimate of drug-likeness (QED) is 0.305. The van der Waals surface area contributed by atoms with E-state index in [4.69, 9.17) is 19.9 Å². The van der Waals surface area contributed by atoms with Gasteiger partial charge in [-0.05, 0) is 45.0 Å². The highest BCUT2D eigenvalue weighted by Gasteiger charge is 2.38. The summed E-state index contributed by atoms with van der Waals surface area (Å²) in [6.07, 6.45) is 2.58. The highest BCUT2D eigenvalue weighted by atomic mass is 32.1. The molecule has 1 aromatic carbocycles. The molecule has 0 bridgehead atoms. The van der Waals surface area contributed by atoms with E-state index in [0.717, 1.165) is 48.5 Å². The van der Waals surface area contributed by atoms with Crippen molar-refractivity contribution in [1.29, 1.82) is 0 Å². The maximum Gasteiger partial charge on any atom is 0.490 e. The summed E-state index contributed by atoms with van der Waals surface area (Å²) in [5.41, 5.74) is 3.07. The predicted octanol–water partition coefficient (Wildman–Crippen LogP) is 5.03. The van der Waals surface area contributed by atoms with Gasteiger partial charge in [0.25, 0.3) is 0 Å². The summed E-state index contributed by atoms with van der Waals surface area (Å²) in [7, 11) is 4.39. The number of anilines is 1. The Labute approximate surface area is 228 Å². The number of thiazole rings is 2. The summed E-state index contributed by atoms with van der Waals surface area (Å²) >= 11 is 3.34. The summed E-state index contributed by atoms with van der Waals surface area (Å²) in [5, 5.41) is 18.8. The number of benzene rings is 1. The minimum absolute atomic E-state index is 0.530. The summed E-state index contributed by atoms with van der Waals surface area (Å²) in [6, 6.07) is 7.33. The lowest BCUT2D eigenvalue weighted by molar-refractivity contribution is -0.192. The molecule has 10 nitrogen and oxygen atoms in total. The van der Waals surface area contributed by atoms with Crippen LogP contribution in [0.25, 0.3) is 36.8 Å². The molecule has 0 amide bonds. The third-order valence-electron chi connectivity index (χ3n) is 6.80. The zero-order valence-corrected chi connectivity index (χ0v) is 22.8. The number of H-pyrrole nitrogens is 1. The predicted molar refractivity (Wildman–Crippen MR) is 145 cm³/mol. The van der Waals surface area contributed by atoms with Crippen molar-refractivity contribution in [3.63, 3.8) is 0 Å². The van der Waals surface area contributed by atoms with Crippen molar-refractivity contribution in [1.82, 2.24) is 34.8 Å². The lowest BCUT2D eigenvalue weighted by atomic mass is 9.98. The molecule has 39 heavy (non-hydrogen) atoms. The maximum absolute atomic E-state index is 10.6. The van der Waals surface area contributed by atoms with Gasteiger partial charge in [-0.15, -0.1) is 0 Å². The van der Waals surface area contributed by atoms with E-state index in [1.54, 1.807) is 39.9 Å². The second-order valence-electron chi connectivity index (χ2n) is 9.26. The fourth-order valence-electron chi connectivity index (χ4n) is 4.50. The molecule has 1 fully saturated rings. The van der Waals surface area contributed by atoms with Crippen LogP contribution >= 0.6 is 22.7 Å². The summed E-state index contributed by atoms with van der Waals surface area (Å²) in [5.74, 6) is -2.76. The monoisotopic (exact) mass is 578 g/mol. The Kier molecular flexibility index (Phi) is 7.31. The maximum atomic E-state index is 10.6. The molecule has 4 aromatic heterocycles. The number of fused-ring (bicyclic) bond motifs is 2. The first kappa shape index (κ1) is 27.0. The van der Waals surface area contributed by atoms with Crippen molar-refractivity contribution in [2.45, 2.75) is 38.0 Å². The SMILES string of the molecule is CC1CC(N(C)c2nc3sc(-c4ccc(-n5nccn5)c5cc[nH]c45)nc3s2)CCN1C.O=C(O)C(F)(F)F. The van der Waals surface area contributed by atoms with Gasteiger partial charge in [-0.1, -0.05) is 22.7 Å². The Morgan fingerprint density at radius 1 is 1.15 bits per heavy atom. The highest BCUT2D eigenvalue weighted by molar-refractivity contribution is 7.29. The van der Waals surface area contributed by atoms with Gasteiger partial charge in [0.15, 0.2) is 14.8 Å². The van der Waals surface area contributed by atoms with Gasteiger partial charge < -0.3 is 19.9 Å². The van der Waals surface area contributed by atoms with E-state index in [1.807, 2.05) is 6.20 Å². The topological polar surface area (TPSA) is 116 Å². The lowest BCUT2D eigenvalue weighted by Crippen LogP contribution is -2.46. The number of nitrogens with one attached hydrogen (secondary N) is 1. The molecule has 0 saturated carbocycles. The second-order valence-corrected chi connectivity index (χ2v) is 11.2. The average molecular weight is 579 g/mol. The van der Waals surface area contributed by atoms with Crippen molar-refractivity contribution in [2.75, 3.05) is 25.5 Å². The number of piperidine rings is 1. The number of halogens is 3. The van der Waals surface area contributed by atoms with Gasteiger partial charge in [-0.25, -0.2) is 14.8 Å². The van der Waals surface area contributed by atoms with Gasteiger partial charge in [0.2, 0.25) is 0 Å². The van der Waals surface area contributed by atoms with E-state index >= 15 is 0 Å². The van der Waals surface area contributed by atoms with E-state index < -0.39 is 12.1 Å². The van der Waals surface area contributed by atoms with Gasteiger partial charge in [-0.3, -0.25) is 0 Å². The van der Waals surface area contributed by atoms with Crippen LogP contribution in [0.3, 0.4) is 0 Å². The number of aromatic nitrogens is 6. The smallest absolute Gasteiger partial charge is 0.475 e. The molecule has 5 aromatic rings. The van der Waals surface area contributed by atoms with Crippen LogP contribution in [0, 0.1) is 0 Å². The number of nitrogens with zero attached hydrogens (tertiary/aromatic N) is 7. The minimum atomic E-state index is -5.08. The molecular formula is C24H25F3N8O2S2. The molecule has 0 aliphatic carbocycles. The van der Waals surface area contributed by atoms with E-state index in [0.29, 0.717) is 12.1 Å². The number of rotatable bonds is 4. The number of hydrogen-bond acceptors (Lipinski definition) is 9. The van der Waals surface area contributed by atoms with E-state index in [1.165, 1.54) is 12.8 Å². The van der Waals surface area contributed by atoms with Crippen LogP contribution < -0.4 is 4.90 Å². The molecule has 6 rings (SSSR count). The molecule has 206 valence electrons. The number of alkyl halides is 3. The van der Waals surface area contributed by atoms with E-state index in [2.05, 4.69) is 64.2 Å². The summed E-state index contributed by atoms with van der Waals surface area (Å²) < 4.78 is 31.7. The molecule has 0 radical (unpaired) electrons. The molecule has 1 saturated heterocycles. The van der Waals surface area contributed by atoms with Gasteiger partial charge in [-0.2, -0.15) is 28.2 Å². The minimum Gasteiger partial charge on any atom is -0.475 e. The van der Waals surface area contributed by atoms with Crippen molar-refractivity contribution in [2.24, 2.45) is 0 Å². The van der Waals surface area contributed by atoms with Gasteiger partial charge >= 0.3 is 12.1 Å². The molecule has 2 N–H and O–H groups in total. The van der Waals surface area contributed by atoms with Crippen molar-refractivity contribution in [3.8, 4) is 16.3 Å². The summed E-state index contributed by atoms with van der Waals surface area (Å²) in [6.45, 7) is 3.44. The van der Waals surface area contributed by atoms with Crippen LogP contribution in [0.1, 0.15) is 19.8 Å². The largest absolute Gasteiger partial charge is 0.490 e. The van der Waals surface area contributed by atoms with Crippen LogP contribution in [0.2, 0.25) is 0 Å². The van der Waals surface area contributed by atoms with Crippen molar-refractivity contribution < 1.29 is 23.1 Å². The third-order valence-corrected chi connectivity index (χ3v) is 8.95. The van der Waals surface area contributed by atoms with Crippen LogP contribution in [0.5, 0.6) is 0 Å². The zero-order chi connectivity index (χ0) is 27.9. The van der Waals surface area contributed by atoms with Crippen LogP contribution in [-0.2, 0) is 4.79 Å². The molecule has 2 unspecified atom stereocenters. The number of aromatic amines is 1. The molecule has 2 atom stereocenters. The number of carboxylic acid groups (broad SMARTS) is 1. The number of carbonyl (C=O) groups is 1. The Bertz CT molecular complexity index is 1560. The van der Waals surface area contributed by atoms with Crippen LogP contribution in [0.4, 0.5) is 18.3 Å². The van der Waals surface area contributed by atoms with Crippen molar-refractivity contribution >= 4 is 54.3 Å². The highest BCUT2D eigenvalue weighted by Crippen LogP contribution is 2.39. The third kappa shape index (κ3) is 5.46. The second kappa shape index (κ2) is 10.5. The van der Waals surface area contributed by atoms with Gasteiger partial charge in [0, 0.05) is 42.8 Å². The number of carboxylic acids is 1. The zero-order valence-electron chi connectivity index (χ0n) is 21.2. The first-order valence-corrected chi connectivity index (χ1v) is 13.6. The molecule has 0 spiro atoms. The summed E-state index contributed by atoms with van der Waals surface area (Å²) in [4.78, 5) is 30.6. The molecule has 1 aliphatic rings. The fourth-order valence-corrected chi connectivity index (χ4v) is 6.61.